The van der Waals surface area contributed by atoms with Crippen LogP contribution in [-0.2, 0) is 9.53 Å². The van der Waals surface area contributed by atoms with E-state index in [1.807, 2.05) is 19.1 Å². The molecule has 1 amide bonds. The Morgan fingerprint density at radius 1 is 1.43 bits per heavy atom. The normalized spacial score (nSPS) is 22.0. The molecule has 1 aromatic rings. The molecule has 1 heterocycles. The van der Waals surface area contributed by atoms with Gasteiger partial charge in [0, 0.05) is 31.5 Å². The predicted octanol–water partition coefficient (Wildman–Crippen LogP) is 1.73. The highest BCUT2D eigenvalue weighted by molar-refractivity contribution is 5.94. The quantitative estimate of drug-likeness (QED) is 0.862. The van der Waals surface area contributed by atoms with Crippen LogP contribution in [-0.4, -0.2) is 49.2 Å². The van der Waals surface area contributed by atoms with Crippen molar-refractivity contribution in [2.45, 2.75) is 32.5 Å². The van der Waals surface area contributed by atoms with Crippen LogP contribution in [0.25, 0.3) is 0 Å². The summed E-state index contributed by atoms with van der Waals surface area (Å²) in [5.41, 5.74) is 7.02. The topological polar surface area (TPSA) is 58.8 Å². The molecule has 1 atom stereocenters. The predicted molar refractivity (Wildman–Crippen MR) is 85.3 cm³/mol. The Labute approximate surface area is 126 Å². The van der Waals surface area contributed by atoms with Crippen molar-refractivity contribution in [2.75, 3.05) is 37.3 Å². The third kappa shape index (κ3) is 4.19. The lowest BCUT2D eigenvalue weighted by Crippen LogP contribution is -2.54. The van der Waals surface area contributed by atoms with Gasteiger partial charge in [-0.05, 0) is 45.0 Å². The van der Waals surface area contributed by atoms with E-state index in [1.54, 1.807) is 24.1 Å². The molecular formula is C16H25N3O2. The molecule has 1 saturated heterocycles. The van der Waals surface area contributed by atoms with Crippen LogP contribution in [0.15, 0.2) is 24.3 Å². The van der Waals surface area contributed by atoms with Crippen molar-refractivity contribution in [1.29, 1.82) is 0 Å². The lowest BCUT2D eigenvalue weighted by Gasteiger charge is -2.41. The Morgan fingerprint density at radius 3 is 2.62 bits per heavy atom. The lowest BCUT2D eigenvalue weighted by atomic mass is 10.1. The van der Waals surface area contributed by atoms with Crippen molar-refractivity contribution in [1.82, 2.24) is 4.90 Å². The second kappa shape index (κ2) is 6.03. The molecule has 5 nitrogen and oxygen atoms in total. The van der Waals surface area contributed by atoms with Crippen molar-refractivity contribution in [3.63, 3.8) is 0 Å². The molecule has 1 aliphatic heterocycles. The minimum atomic E-state index is -0.211. The standard InChI is InChI=1S/C16H25N3O2/c1-12-9-19(11-16(2,3)21-12)10-15(20)18(4)14-7-5-13(17)6-8-14/h5-8,12H,9-11,17H2,1-4H3. The average Bonchev–Trinajstić information content (AvgIpc) is 2.36. The molecule has 1 unspecified atom stereocenters. The van der Waals surface area contributed by atoms with E-state index in [2.05, 4.69) is 18.7 Å². The average molecular weight is 291 g/mol. The van der Waals surface area contributed by atoms with Crippen LogP contribution in [0.4, 0.5) is 11.4 Å². The molecular weight excluding hydrogens is 266 g/mol. The van der Waals surface area contributed by atoms with Crippen molar-refractivity contribution >= 4 is 17.3 Å². The summed E-state index contributed by atoms with van der Waals surface area (Å²) >= 11 is 0. The smallest absolute Gasteiger partial charge is 0.240 e. The van der Waals surface area contributed by atoms with Gasteiger partial charge in [0.05, 0.1) is 18.2 Å². The van der Waals surface area contributed by atoms with Crippen LogP contribution in [0, 0.1) is 0 Å². The molecule has 0 aliphatic carbocycles. The number of anilines is 2. The molecule has 0 aromatic heterocycles. The molecule has 1 aromatic carbocycles. The molecule has 1 fully saturated rings. The zero-order chi connectivity index (χ0) is 15.6. The molecule has 0 spiro atoms. The number of likely N-dealkylation sites (N-methyl/N-ethyl adjacent to an activating group) is 1. The molecule has 21 heavy (non-hydrogen) atoms. The molecule has 0 bridgehead atoms. The van der Waals surface area contributed by atoms with E-state index >= 15 is 0 Å². The molecule has 5 heteroatoms. The number of benzene rings is 1. The summed E-state index contributed by atoms with van der Waals surface area (Å²) in [6.45, 7) is 8.11. The fourth-order valence-electron chi connectivity index (χ4n) is 2.85. The number of amides is 1. The minimum Gasteiger partial charge on any atom is -0.399 e. The van der Waals surface area contributed by atoms with Crippen LogP contribution in [0.5, 0.6) is 0 Å². The summed E-state index contributed by atoms with van der Waals surface area (Å²) in [4.78, 5) is 16.3. The van der Waals surface area contributed by atoms with Gasteiger partial charge in [-0.1, -0.05) is 0 Å². The molecule has 1 aliphatic rings. The molecule has 2 N–H and O–H groups in total. The van der Waals surface area contributed by atoms with Crippen LogP contribution >= 0.6 is 0 Å². The van der Waals surface area contributed by atoms with Crippen LogP contribution in [0.2, 0.25) is 0 Å². The number of morpholine rings is 1. The molecule has 2 rings (SSSR count). The van der Waals surface area contributed by atoms with E-state index in [9.17, 15) is 4.79 Å². The maximum Gasteiger partial charge on any atom is 0.240 e. The number of rotatable bonds is 3. The van der Waals surface area contributed by atoms with Gasteiger partial charge in [-0.3, -0.25) is 9.69 Å². The zero-order valence-electron chi connectivity index (χ0n) is 13.3. The number of nitrogen functional groups attached to an aromatic ring is 1. The maximum atomic E-state index is 12.4. The Kier molecular flexibility index (Phi) is 4.54. The number of carbonyl (C=O) groups is 1. The van der Waals surface area contributed by atoms with Gasteiger partial charge in [-0.25, -0.2) is 0 Å². The monoisotopic (exact) mass is 291 g/mol. The van der Waals surface area contributed by atoms with Crippen LogP contribution in [0.1, 0.15) is 20.8 Å². The van der Waals surface area contributed by atoms with E-state index in [4.69, 9.17) is 10.5 Å². The van der Waals surface area contributed by atoms with Gasteiger partial charge in [0.15, 0.2) is 0 Å². The highest BCUT2D eigenvalue weighted by atomic mass is 16.5. The zero-order valence-corrected chi connectivity index (χ0v) is 13.3. The van der Waals surface area contributed by atoms with Gasteiger partial charge in [-0.2, -0.15) is 0 Å². The SMILES string of the molecule is CC1CN(CC(=O)N(C)c2ccc(N)cc2)CC(C)(C)O1. The van der Waals surface area contributed by atoms with Crippen molar-refractivity contribution < 1.29 is 9.53 Å². The summed E-state index contributed by atoms with van der Waals surface area (Å²) in [6.07, 6.45) is 0.142. The van der Waals surface area contributed by atoms with Gasteiger partial charge < -0.3 is 15.4 Å². The van der Waals surface area contributed by atoms with E-state index in [0.717, 1.165) is 18.8 Å². The van der Waals surface area contributed by atoms with E-state index in [-0.39, 0.29) is 17.6 Å². The number of hydrogen-bond acceptors (Lipinski definition) is 4. The van der Waals surface area contributed by atoms with Gasteiger partial charge in [0.25, 0.3) is 0 Å². The Hall–Kier alpha value is -1.59. The highest BCUT2D eigenvalue weighted by Crippen LogP contribution is 2.21. The number of ether oxygens (including phenoxy) is 1. The Bertz CT molecular complexity index is 499. The van der Waals surface area contributed by atoms with E-state index in [1.165, 1.54) is 0 Å². The summed E-state index contributed by atoms with van der Waals surface area (Å²) in [7, 11) is 1.79. The summed E-state index contributed by atoms with van der Waals surface area (Å²) in [5.74, 6) is 0.0738. The van der Waals surface area contributed by atoms with Crippen molar-refractivity contribution in [3.8, 4) is 0 Å². The van der Waals surface area contributed by atoms with E-state index < -0.39 is 0 Å². The lowest BCUT2D eigenvalue weighted by molar-refractivity contribution is -0.137. The maximum absolute atomic E-state index is 12.4. The first-order valence-electron chi connectivity index (χ1n) is 7.29. The van der Waals surface area contributed by atoms with Gasteiger partial charge in [0.2, 0.25) is 5.91 Å². The third-order valence-corrected chi connectivity index (χ3v) is 3.65. The van der Waals surface area contributed by atoms with Gasteiger partial charge >= 0.3 is 0 Å². The number of hydrogen-bond donors (Lipinski definition) is 1. The fourth-order valence-corrected chi connectivity index (χ4v) is 2.85. The summed E-state index contributed by atoms with van der Waals surface area (Å²) in [6, 6.07) is 7.33. The first-order valence-corrected chi connectivity index (χ1v) is 7.29. The second-order valence-electron chi connectivity index (χ2n) is 6.40. The first-order chi connectivity index (χ1) is 9.77. The molecule has 0 saturated carbocycles. The number of nitrogens with zero attached hydrogens (tertiary/aromatic N) is 2. The van der Waals surface area contributed by atoms with Crippen molar-refractivity contribution in [2.24, 2.45) is 0 Å². The largest absolute Gasteiger partial charge is 0.399 e. The highest BCUT2D eigenvalue weighted by Gasteiger charge is 2.32. The van der Waals surface area contributed by atoms with Crippen LogP contribution in [0.3, 0.4) is 0 Å². The summed E-state index contributed by atoms with van der Waals surface area (Å²) < 4.78 is 5.86. The summed E-state index contributed by atoms with van der Waals surface area (Å²) in [5, 5.41) is 0. The molecule has 116 valence electrons. The van der Waals surface area contributed by atoms with Gasteiger partial charge in [0.1, 0.15) is 0 Å². The first kappa shape index (κ1) is 15.8. The minimum absolute atomic E-state index is 0.0738. The number of nitrogens with two attached hydrogens (primary N) is 1. The number of carbonyl (C=O) groups excluding carboxylic acids is 1. The van der Waals surface area contributed by atoms with Crippen LogP contribution < -0.4 is 10.6 Å². The van der Waals surface area contributed by atoms with E-state index in [0.29, 0.717) is 12.2 Å². The molecule has 0 radical (unpaired) electrons. The second-order valence-corrected chi connectivity index (χ2v) is 6.40. The van der Waals surface area contributed by atoms with Gasteiger partial charge in [-0.15, -0.1) is 0 Å². The third-order valence-electron chi connectivity index (χ3n) is 3.65. The Morgan fingerprint density at radius 2 is 2.05 bits per heavy atom. The van der Waals surface area contributed by atoms with Crippen molar-refractivity contribution in [3.05, 3.63) is 24.3 Å². The fraction of sp³-hybridized carbons (Fsp3) is 0.562. The Balaban J connectivity index is 1.99.